The molecule has 1 aliphatic carbocycles. The number of carbonyl (C=O) groups excluding carboxylic acids is 1. The Hall–Kier alpha value is -4.40. The van der Waals surface area contributed by atoms with Crippen molar-refractivity contribution in [3.8, 4) is 11.5 Å². The van der Waals surface area contributed by atoms with Gasteiger partial charge in [0.05, 0.1) is 34.6 Å². The highest BCUT2D eigenvalue weighted by Gasteiger charge is 2.38. The summed E-state index contributed by atoms with van der Waals surface area (Å²) in [6.45, 7) is -0.486. The molecule has 0 aliphatic heterocycles. The first-order chi connectivity index (χ1) is 19.2. The van der Waals surface area contributed by atoms with Gasteiger partial charge in [-0.25, -0.2) is 26.3 Å². The summed E-state index contributed by atoms with van der Waals surface area (Å²) in [6.07, 6.45) is -3.33. The number of halogens is 6. The first-order valence-corrected chi connectivity index (χ1v) is 13.4. The van der Waals surface area contributed by atoms with Gasteiger partial charge in [-0.2, -0.15) is 18.2 Å². The summed E-state index contributed by atoms with van der Waals surface area (Å²) in [4.78, 5) is 28.4. The normalized spacial score (nSPS) is 13.8. The van der Waals surface area contributed by atoms with Gasteiger partial charge in [0, 0.05) is 23.3 Å². The molecule has 5 rings (SSSR count). The highest BCUT2D eigenvalue weighted by Crippen LogP contribution is 2.39. The Balaban J connectivity index is 1.47. The molecular weight excluding hydrogens is 580 g/mol. The van der Waals surface area contributed by atoms with Crippen LogP contribution in [0.4, 0.5) is 26.3 Å². The lowest BCUT2D eigenvalue weighted by Crippen LogP contribution is -2.33. The van der Waals surface area contributed by atoms with Gasteiger partial charge in [0.2, 0.25) is 10.0 Å². The Morgan fingerprint density at radius 3 is 2.34 bits per heavy atom. The number of amides is 1. The molecule has 1 amide bonds. The van der Waals surface area contributed by atoms with Gasteiger partial charge in [-0.05, 0) is 49.2 Å². The van der Waals surface area contributed by atoms with Crippen molar-refractivity contribution < 1.29 is 44.3 Å². The third kappa shape index (κ3) is 5.89. The predicted molar refractivity (Wildman–Crippen MR) is 132 cm³/mol. The lowest BCUT2D eigenvalue weighted by atomic mass is 10.1. The van der Waals surface area contributed by atoms with Crippen molar-refractivity contribution in [2.45, 2.75) is 30.8 Å². The summed E-state index contributed by atoms with van der Waals surface area (Å²) < 4.78 is 116. The van der Waals surface area contributed by atoms with Crippen molar-refractivity contribution in [2.24, 2.45) is 0 Å². The van der Waals surface area contributed by atoms with E-state index < -0.39 is 79.4 Å². The van der Waals surface area contributed by atoms with E-state index in [0.717, 1.165) is 24.5 Å². The lowest BCUT2D eigenvalue weighted by molar-refractivity contribution is -0.138. The lowest BCUT2D eigenvalue weighted by Gasteiger charge is -2.16. The van der Waals surface area contributed by atoms with Crippen LogP contribution in [-0.2, 0) is 22.7 Å². The van der Waals surface area contributed by atoms with Crippen molar-refractivity contribution in [3.05, 3.63) is 99.4 Å². The molecular formula is C26H17F6N3O5S. The van der Waals surface area contributed by atoms with E-state index in [1.165, 1.54) is 16.7 Å². The molecule has 0 saturated heterocycles. The largest absolute Gasteiger partial charge is 0.457 e. The Kier molecular flexibility index (Phi) is 7.01. The van der Waals surface area contributed by atoms with Crippen LogP contribution in [0.5, 0.6) is 11.5 Å². The number of aromatic nitrogens is 2. The first-order valence-electron chi connectivity index (χ1n) is 11.8. The van der Waals surface area contributed by atoms with Gasteiger partial charge in [0.1, 0.15) is 29.0 Å². The Labute approximate surface area is 227 Å². The van der Waals surface area contributed by atoms with E-state index in [0.29, 0.717) is 31.0 Å². The zero-order valence-corrected chi connectivity index (χ0v) is 21.3. The number of sulfonamides is 1. The highest BCUT2D eigenvalue weighted by atomic mass is 32.2. The van der Waals surface area contributed by atoms with E-state index >= 15 is 0 Å². The molecule has 0 unspecified atom stereocenters. The molecule has 1 N–H and O–H groups in total. The molecule has 0 spiro atoms. The molecule has 0 radical (unpaired) electrons. The molecule has 0 atom stereocenters. The van der Waals surface area contributed by atoms with E-state index in [-0.39, 0.29) is 16.7 Å². The number of rotatable bonds is 7. The topological polar surface area (TPSA) is 107 Å². The van der Waals surface area contributed by atoms with Crippen LogP contribution in [0.2, 0.25) is 0 Å². The minimum Gasteiger partial charge on any atom is -0.457 e. The molecule has 1 saturated carbocycles. The molecule has 1 heterocycles. The molecule has 4 aromatic rings. The van der Waals surface area contributed by atoms with Crippen molar-refractivity contribution in [2.75, 3.05) is 0 Å². The molecule has 8 nitrogen and oxygen atoms in total. The van der Waals surface area contributed by atoms with Crippen molar-refractivity contribution in [1.29, 1.82) is 0 Å². The van der Waals surface area contributed by atoms with Crippen LogP contribution in [-0.4, -0.2) is 29.1 Å². The maximum Gasteiger partial charge on any atom is 0.420 e. The van der Waals surface area contributed by atoms with Crippen LogP contribution in [0, 0.1) is 17.5 Å². The number of nitrogens with zero attached hydrogens (tertiary/aromatic N) is 2. The minimum atomic E-state index is -5.02. The maximum atomic E-state index is 14.2. The van der Waals surface area contributed by atoms with Crippen LogP contribution in [0.1, 0.15) is 34.3 Å². The average molecular weight is 597 g/mol. The monoisotopic (exact) mass is 597 g/mol. The molecule has 214 valence electrons. The van der Waals surface area contributed by atoms with E-state index in [1.807, 2.05) is 0 Å². The summed E-state index contributed by atoms with van der Waals surface area (Å²) in [7, 11) is -4.00. The first kappa shape index (κ1) is 28.1. The molecule has 0 bridgehead atoms. The van der Waals surface area contributed by atoms with Crippen molar-refractivity contribution >= 4 is 26.8 Å². The fourth-order valence-corrected chi connectivity index (χ4v) is 5.33. The molecule has 1 aliphatic rings. The van der Waals surface area contributed by atoms with Crippen molar-refractivity contribution in [3.63, 3.8) is 0 Å². The van der Waals surface area contributed by atoms with E-state index in [9.17, 15) is 44.3 Å². The third-order valence-electron chi connectivity index (χ3n) is 6.23. The molecule has 15 heteroatoms. The molecule has 3 aromatic carbocycles. The SMILES string of the molecule is O=C(NS(=O)(=O)C1CC1)c1ccc(Oc2ccc3c(c2)c(=O)ncn3Cc2c(F)cc(F)cc2F)c(C(F)(F)F)c1. The fourth-order valence-electron chi connectivity index (χ4n) is 4.03. The Bertz CT molecular complexity index is 1850. The van der Waals surface area contributed by atoms with Gasteiger partial charge in [-0.3, -0.25) is 9.59 Å². The summed E-state index contributed by atoms with van der Waals surface area (Å²) >= 11 is 0. The molecule has 1 fully saturated rings. The average Bonchev–Trinajstić information content (AvgIpc) is 3.73. The number of ether oxygens (including phenoxy) is 1. The predicted octanol–water partition coefficient (Wildman–Crippen LogP) is 4.90. The van der Waals surface area contributed by atoms with Crippen LogP contribution >= 0.6 is 0 Å². The van der Waals surface area contributed by atoms with Crippen molar-refractivity contribution in [1.82, 2.24) is 14.3 Å². The quantitative estimate of drug-likeness (QED) is 0.304. The Morgan fingerprint density at radius 2 is 1.71 bits per heavy atom. The maximum absolute atomic E-state index is 14.2. The van der Waals surface area contributed by atoms with Crippen LogP contribution in [0.3, 0.4) is 0 Å². The Morgan fingerprint density at radius 1 is 1.02 bits per heavy atom. The summed E-state index contributed by atoms with van der Waals surface area (Å²) in [5.41, 5.74) is -3.19. The van der Waals surface area contributed by atoms with Gasteiger partial charge in [0.25, 0.3) is 11.5 Å². The second-order valence-electron chi connectivity index (χ2n) is 9.19. The van der Waals surface area contributed by atoms with Crippen LogP contribution in [0.15, 0.2) is 59.7 Å². The van der Waals surface area contributed by atoms with Gasteiger partial charge >= 0.3 is 6.18 Å². The summed E-state index contributed by atoms with van der Waals surface area (Å²) in [5.74, 6) is -5.69. The van der Waals surface area contributed by atoms with Crippen LogP contribution < -0.4 is 15.0 Å². The number of alkyl halides is 3. The highest BCUT2D eigenvalue weighted by molar-refractivity contribution is 7.91. The zero-order valence-electron chi connectivity index (χ0n) is 20.5. The van der Waals surface area contributed by atoms with Gasteiger partial charge < -0.3 is 9.30 Å². The smallest absolute Gasteiger partial charge is 0.420 e. The van der Waals surface area contributed by atoms with Crippen LogP contribution in [0.25, 0.3) is 10.9 Å². The minimum absolute atomic E-state index is 0.0976. The zero-order chi connectivity index (χ0) is 29.7. The number of benzene rings is 3. The van der Waals surface area contributed by atoms with Gasteiger partial charge in [-0.1, -0.05) is 0 Å². The molecule has 1 aromatic heterocycles. The summed E-state index contributed by atoms with van der Waals surface area (Å²) in [6, 6.07) is 6.71. The summed E-state index contributed by atoms with van der Waals surface area (Å²) in [5, 5.41) is -0.931. The second kappa shape index (κ2) is 10.2. The number of hydrogen-bond acceptors (Lipinski definition) is 6. The number of carbonyl (C=O) groups is 1. The van der Waals surface area contributed by atoms with Gasteiger partial charge in [0.15, 0.2) is 0 Å². The fraction of sp³-hybridized carbons (Fsp3) is 0.192. The standard InChI is InChI=1S/C26H17F6N3O5S/c27-14-8-20(28)18(21(29)9-14)11-35-12-33-25(37)17-10-15(2-5-22(17)35)40-23-6-1-13(7-19(23)26(30,31)32)24(36)34-41(38,39)16-3-4-16/h1-2,5-10,12,16H,3-4,11H2,(H,34,36). The van der Waals surface area contributed by atoms with E-state index in [4.69, 9.17) is 4.74 Å². The van der Waals surface area contributed by atoms with Gasteiger partial charge in [-0.15, -0.1) is 0 Å². The van der Waals surface area contributed by atoms with E-state index in [2.05, 4.69) is 4.98 Å². The van der Waals surface area contributed by atoms with E-state index in [1.54, 1.807) is 4.72 Å². The second-order valence-corrected chi connectivity index (χ2v) is 11.2. The number of hydrogen-bond donors (Lipinski definition) is 1. The number of nitrogens with one attached hydrogen (secondary N) is 1. The number of fused-ring (bicyclic) bond motifs is 1. The third-order valence-corrected chi connectivity index (χ3v) is 8.05. The molecule has 41 heavy (non-hydrogen) atoms.